The molecule has 0 spiro atoms. The van der Waals surface area contributed by atoms with Gasteiger partial charge in [0.2, 0.25) is 0 Å². The molecular formula is C15H22N4O2. The van der Waals surface area contributed by atoms with Crippen LogP contribution < -0.4 is 10.8 Å². The number of rotatable bonds is 6. The minimum absolute atomic E-state index is 0.00738. The van der Waals surface area contributed by atoms with Crippen molar-refractivity contribution >= 4 is 17.4 Å². The van der Waals surface area contributed by atoms with E-state index in [2.05, 4.69) is 31.1 Å². The molecule has 0 saturated carbocycles. The van der Waals surface area contributed by atoms with Crippen LogP contribution in [0.5, 0.6) is 0 Å². The van der Waals surface area contributed by atoms with E-state index in [0.29, 0.717) is 5.92 Å². The minimum Gasteiger partial charge on any atom is -0.360 e. The second-order valence-corrected chi connectivity index (χ2v) is 5.46. The number of nitrogens with zero attached hydrogens (tertiary/aromatic N) is 2. The molecule has 2 aromatic heterocycles. The van der Waals surface area contributed by atoms with Crippen molar-refractivity contribution in [3.63, 3.8) is 0 Å². The molecule has 6 heteroatoms. The Morgan fingerprint density at radius 2 is 2.19 bits per heavy atom. The van der Waals surface area contributed by atoms with Crippen molar-refractivity contribution in [1.29, 1.82) is 0 Å². The zero-order valence-corrected chi connectivity index (χ0v) is 12.7. The van der Waals surface area contributed by atoms with Crippen molar-refractivity contribution in [3.05, 3.63) is 29.6 Å². The molecular weight excluding hydrogens is 268 g/mol. The number of aryl methyl sites for hydroxylation is 1. The Hall–Kier alpha value is -2.08. The minimum atomic E-state index is -0.477. The van der Waals surface area contributed by atoms with Gasteiger partial charge in [-0.25, -0.2) is 10.5 Å². The Morgan fingerprint density at radius 1 is 1.43 bits per heavy atom. The highest BCUT2D eigenvalue weighted by Gasteiger charge is 2.15. The SMILES string of the molecule is CCc1cccc2nc(CC(C)C)c(NCC(=O)NO)n12. The number of fused-ring (bicyclic) bond motifs is 1. The van der Waals surface area contributed by atoms with Crippen LogP contribution in [-0.2, 0) is 17.6 Å². The summed E-state index contributed by atoms with van der Waals surface area (Å²) in [6.45, 7) is 6.36. The third kappa shape index (κ3) is 3.33. The van der Waals surface area contributed by atoms with Crippen molar-refractivity contribution in [1.82, 2.24) is 14.9 Å². The highest BCUT2D eigenvalue weighted by Crippen LogP contribution is 2.23. The van der Waals surface area contributed by atoms with Crippen LogP contribution >= 0.6 is 0 Å². The fourth-order valence-corrected chi connectivity index (χ4v) is 2.40. The van der Waals surface area contributed by atoms with Crippen LogP contribution in [0.3, 0.4) is 0 Å². The number of hydrogen-bond donors (Lipinski definition) is 3. The number of nitrogens with one attached hydrogen (secondary N) is 2. The Labute approximate surface area is 124 Å². The Balaban J connectivity index is 2.47. The number of imidazole rings is 1. The van der Waals surface area contributed by atoms with Crippen LogP contribution in [0, 0.1) is 5.92 Å². The first kappa shape index (κ1) is 15.3. The van der Waals surface area contributed by atoms with Crippen LogP contribution in [0.2, 0.25) is 0 Å². The van der Waals surface area contributed by atoms with Gasteiger partial charge in [-0.1, -0.05) is 26.8 Å². The third-order valence-corrected chi connectivity index (χ3v) is 3.30. The van der Waals surface area contributed by atoms with Crippen LogP contribution in [-0.4, -0.2) is 27.0 Å². The molecule has 0 fully saturated rings. The largest absolute Gasteiger partial charge is 0.360 e. The molecule has 0 atom stereocenters. The van der Waals surface area contributed by atoms with Crippen molar-refractivity contribution < 1.29 is 10.0 Å². The number of amides is 1. The van der Waals surface area contributed by atoms with Crippen LogP contribution in [0.4, 0.5) is 5.82 Å². The van der Waals surface area contributed by atoms with Crippen molar-refractivity contribution in [2.45, 2.75) is 33.6 Å². The molecule has 114 valence electrons. The summed E-state index contributed by atoms with van der Waals surface area (Å²) in [6.07, 6.45) is 1.70. The van der Waals surface area contributed by atoms with E-state index in [1.165, 1.54) is 0 Å². The zero-order valence-electron chi connectivity index (χ0n) is 12.7. The van der Waals surface area contributed by atoms with E-state index < -0.39 is 5.91 Å². The molecule has 1 amide bonds. The van der Waals surface area contributed by atoms with Gasteiger partial charge in [-0.3, -0.25) is 14.4 Å². The molecule has 0 aliphatic carbocycles. The number of hydroxylamine groups is 1. The molecule has 0 bridgehead atoms. The van der Waals surface area contributed by atoms with Gasteiger partial charge in [0, 0.05) is 5.69 Å². The van der Waals surface area contributed by atoms with Crippen molar-refractivity contribution in [3.8, 4) is 0 Å². The quantitative estimate of drug-likeness (QED) is 0.562. The molecule has 2 rings (SSSR count). The molecule has 0 unspecified atom stereocenters. The lowest BCUT2D eigenvalue weighted by Gasteiger charge is -2.11. The van der Waals surface area contributed by atoms with Gasteiger partial charge in [-0.05, 0) is 30.9 Å². The highest BCUT2D eigenvalue weighted by atomic mass is 16.5. The van der Waals surface area contributed by atoms with Crippen LogP contribution in [0.25, 0.3) is 5.65 Å². The predicted molar refractivity (Wildman–Crippen MR) is 81.5 cm³/mol. The molecule has 2 heterocycles. The van der Waals surface area contributed by atoms with E-state index in [0.717, 1.165) is 35.7 Å². The number of pyridine rings is 1. The van der Waals surface area contributed by atoms with Gasteiger partial charge in [0.15, 0.2) is 0 Å². The van der Waals surface area contributed by atoms with Gasteiger partial charge >= 0.3 is 0 Å². The second kappa shape index (κ2) is 6.58. The average molecular weight is 290 g/mol. The average Bonchev–Trinajstić information content (AvgIpc) is 2.81. The maximum atomic E-state index is 11.3. The molecule has 6 nitrogen and oxygen atoms in total. The molecule has 3 N–H and O–H groups in total. The summed E-state index contributed by atoms with van der Waals surface area (Å²) < 4.78 is 2.04. The lowest BCUT2D eigenvalue weighted by atomic mass is 10.1. The number of anilines is 1. The molecule has 0 aliphatic heterocycles. The van der Waals surface area contributed by atoms with E-state index in [4.69, 9.17) is 5.21 Å². The van der Waals surface area contributed by atoms with Gasteiger partial charge in [0.1, 0.15) is 11.5 Å². The van der Waals surface area contributed by atoms with E-state index >= 15 is 0 Å². The van der Waals surface area contributed by atoms with Gasteiger partial charge in [-0.15, -0.1) is 0 Å². The fourth-order valence-electron chi connectivity index (χ4n) is 2.40. The van der Waals surface area contributed by atoms with Crippen molar-refractivity contribution in [2.24, 2.45) is 5.92 Å². The molecule has 2 aromatic rings. The summed E-state index contributed by atoms with van der Waals surface area (Å²) in [5.41, 5.74) is 4.57. The number of carbonyl (C=O) groups is 1. The topological polar surface area (TPSA) is 78.7 Å². The van der Waals surface area contributed by atoms with E-state index in [-0.39, 0.29) is 6.54 Å². The fraction of sp³-hybridized carbons (Fsp3) is 0.467. The third-order valence-electron chi connectivity index (χ3n) is 3.30. The van der Waals surface area contributed by atoms with Gasteiger partial charge in [-0.2, -0.15) is 0 Å². The van der Waals surface area contributed by atoms with Gasteiger partial charge in [0.05, 0.1) is 12.2 Å². The predicted octanol–water partition coefficient (Wildman–Crippen LogP) is 2.01. The molecule has 0 aromatic carbocycles. The van der Waals surface area contributed by atoms with E-state index in [9.17, 15) is 4.79 Å². The van der Waals surface area contributed by atoms with Crippen LogP contribution in [0.1, 0.15) is 32.2 Å². The zero-order chi connectivity index (χ0) is 15.4. The number of hydrogen-bond acceptors (Lipinski definition) is 4. The second-order valence-electron chi connectivity index (χ2n) is 5.46. The normalized spacial score (nSPS) is 11.1. The molecule has 0 radical (unpaired) electrons. The smallest absolute Gasteiger partial charge is 0.262 e. The molecule has 21 heavy (non-hydrogen) atoms. The monoisotopic (exact) mass is 290 g/mol. The van der Waals surface area contributed by atoms with Gasteiger partial charge < -0.3 is 5.32 Å². The summed E-state index contributed by atoms with van der Waals surface area (Å²) in [5.74, 6) is 0.821. The summed E-state index contributed by atoms with van der Waals surface area (Å²) >= 11 is 0. The van der Waals surface area contributed by atoms with Gasteiger partial charge in [0.25, 0.3) is 5.91 Å². The standard InChI is InChI=1S/C15H22N4O2/c1-4-11-6-5-7-13-17-12(8-10(2)3)15(19(11)13)16-9-14(20)18-21/h5-7,10,16,21H,4,8-9H2,1-3H3,(H,18,20). The Kier molecular flexibility index (Phi) is 4.80. The number of aromatic nitrogens is 2. The maximum Gasteiger partial charge on any atom is 0.262 e. The molecule has 0 aliphatic rings. The van der Waals surface area contributed by atoms with Crippen LogP contribution in [0.15, 0.2) is 18.2 Å². The summed E-state index contributed by atoms with van der Waals surface area (Å²) in [4.78, 5) is 15.9. The lowest BCUT2D eigenvalue weighted by Crippen LogP contribution is -2.27. The Morgan fingerprint density at radius 3 is 2.81 bits per heavy atom. The summed E-state index contributed by atoms with van der Waals surface area (Å²) in [5, 5.41) is 11.7. The highest BCUT2D eigenvalue weighted by molar-refractivity contribution is 5.79. The summed E-state index contributed by atoms with van der Waals surface area (Å²) in [7, 11) is 0. The lowest BCUT2D eigenvalue weighted by molar-refractivity contribution is -0.127. The first-order chi connectivity index (χ1) is 10.1. The van der Waals surface area contributed by atoms with E-state index in [1.54, 1.807) is 5.48 Å². The molecule has 0 saturated heterocycles. The number of carbonyl (C=O) groups excluding carboxylic acids is 1. The van der Waals surface area contributed by atoms with Crippen molar-refractivity contribution in [2.75, 3.05) is 11.9 Å². The first-order valence-corrected chi connectivity index (χ1v) is 7.22. The Bertz CT molecular complexity index is 634. The maximum absolute atomic E-state index is 11.3. The first-order valence-electron chi connectivity index (χ1n) is 7.22. The summed E-state index contributed by atoms with van der Waals surface area (Å²) in [6, 6.07) is 6.00. The van der Waals surface area contributed by atoms with E-state index in [1.807, 2.05) is 22.6 Å².